The largest absolute Gasteiger partial charge is 0.441 e. The number of aliphatic hydroxyl groups excluding tert-OH is 1. The number of hydrogen-bond donors (Lipinski definition) is 2. The van der Waals surface area contributed by atoms with E-state index in [1.807, 2.05) is 30.3 Å². The van der Waals surface area contributed by atoms with Crippen molar-refractivity contribution in [2.24, 2.45) is 0 Å². The van der Waals surface area contributed by atoms with Crippen molar-refractivity contribution in [2.75, 3.05) is 13.2 Å². The maximum absolute atomic E-state index is 11.3. The fourth-order valence-corrected chi connectivity index (χ4v) is 1.85. The summed E-state index contributed by atoms with van der Waals surface area (Å²) in [6, 6.07) is 9.77. The number of nitrogens with one attached hydrogen (secondary N) is 1. The third-order valence-electron chi connectivity index (χ3n) is 2.84. The van der Waals surface area contributed by atoms with Crippen molar-refractivity contribution in [2.45, 2.75) is 19.3 Å². The standard InChI is InChI=1S/C15H18N2O3/c18-10-9-16-14(19)7-4-8-15-17-11-13(20-15)12-5-2-1-3-6-12/h1-3,5-6,11,18H,4,7-10H2,(H,16,19). The maximum Gasteiger partial charge on any atom is 0.220 e. The van der Waals surface area contributed by atoms with Gasteiger partial charge in [-0.25, -0.2) is 4.98 Å². The molecular formula is C15H18N2O3. The SMILES string of the molecule is O=C(CCCc1ncc(-c2ccccc2)o1)NCCO. The van der Waals surface area contributed by atoms with Crippen molar-refractivity contribution >= 4 is 5.91 Å². The zero-order valence-corrected chi connectivity index (χ0v) is 11.2. The molecule has 2 rings (SSSR count). The highest BCUT2D eigenvalue weighted by molar-refractivity contribution is 5.75. The molecule has 20 heavy (non-hydrogen) atoms. The minimum Gasteiger partial charge on any atom is -0.441 e. The van der Waals surface area contributed by atoms with Crippen molar-refractivity contribution < 1.29 is 14.3 Å². The highest BCUT2D eigenvalue weighted by Gasteiger charge is 2.07. The van der Waals surface area contributed by atoms with Gasteiger partial charge in [-0.2, -0.15) is 0 Å². The Labute approximate surface area is 117 Å². The molecule has 0 saturated heterocycles. The molecule has 0 aliphatic rings. The topological polar surface area (TPSA) is 75.4 Å². The van der Waals surface area contributed by atoms with Crippen LogP contribution in [0.5, 0.6) is 0 Å². The van der Waals surface area contributed by atoms with E-state index >= 15 is 0 Å². The van der Waals surface area contributed by atoms with E-state index < -0.39 is 0 Å². The van der Waals surface area contributed by atoms with Crippen LogP contribution < -0.4 is 5.32 Å². The van der Waals surface area contributed by atoms with E-state index in [0.29, 0.717) is 31.7 Å². The Morgan fingerprint density at radius 3 is 2.85 bits per heavy atom. The van der Waals surface area contributed by atoms with Gasteiger partial charge < -0.3 is 14.8 Å². The summed E-state index contributed by atoms with van der Waals surface area (Å²) < 4.78 is 5.65. The number of carbonyl (C=O) groups excluding carboxylic acids is 1. The van der Waals surface area contributed by atoms with Gasteiger partial charge in [-0.3, -0.25) is 4.79 Å². The molecule has 2 N–H and O–H groups in total. The summed E-state index contributed by atoms with van der Waals surface area (Å²) in [7, 11) is 0. The lowest BCUT2D eigenvalue weighted by molar-refractivity contribution is -0.121. The molecule has 0 spiro atoms. The number of aromatic nitrogens is 1. The molecule has 0 bridgehead atoms. The molecule has 0 fully saturated rings. The molecule has 1 amide bonds. The molecule has 0 atom stereocenters. The number of rotatable bonds is 7. The average molecular weight is 274 g/mol. The summed E-state index contributed by atoms with van der Waals surface area (Å²) in [5.41, 5.74) is 0.993. The second-order valence-corrected chi connectivity index (χ2v) is 4.41. The van der Waals surface area contributed by atoms with Crippen LogP contribution in [0.15, 0.2) is 40.9 Å². The number of hydrogen-bond acceptors (Lipinski definition) is 4. The summed E-state index contributed by atoms with van der Waals surface area (Å²) >= 11 is 0. The fraction of sp³-hybridized carbons (Fsp3) is 0.333. The van der Waals surface area contributed by atoms with Gasteiger partial charge in [0.1, 0.15) is 0 Å². The van der Waals surface area contributed by atoms with Gasteiger partial charge in [0, 0.05) is 24.9 Å². The van der Waals surface area contributed by atoms with E-state index in [1.54, 1.807) is 6.20 Å². The van der Waals surface area contributed by atoms with Gasteiger partial charge in [0.15, 0.2) is 11.7 Å². The highest BCUT2D eigenvalue weighted by Crippen LogP contribution is 2.20. The van der Waals surface area contributed by atoms with E-state index in [0.717, 1.165) is 11.3 Å². The predicted molar refractivity (Wildman–Crippen MR) is 75.0 cm³/mol. The molecule has 5 nitrogen and oxygen atoms in total. The number of carbonyl (C=O) groups is 1. The Hall–Kier alpha value is -2.14. The van der Waals surface area contributed by atoms with Crippen molar-refractivity contribution in [1.82, 2.24) is 10.3 Å². The normalized spacial score (nSPS) is 10.4. The Kier molecular flexibility index (Phi) is 5.32. The number of amides is 1. The maximum atomic E-state index is 11.3. The van der Waals surface area contributed by atoms with Crippen molar-refractivity contribution in [1.29, 1.82) is 0 Å². The molecule has 2 aromatic rings. The zero-order valence-electron chi connectivity index (χ0n) is 11.2. The lowest BCUT2D eigenvalue weighted by Crippen LogP contribution is -2.26. The number of aliphatic hydroxyl groups is 1. The first-order chi connectivity index (χ1) is 9.79. The predicted octanol–water partition coefficient (Wildman–Crippen LogP) is 1.77. The second kappa shape index (κ2) is 7.45. The highest BCUT2D eigenvalue weighted by atomic mass is 16.4. The van der Waals surface area contributed by atoms with Gasteiger partial charge in [-0.05, 0) is 6.42 Å². The number of oxazole rings is 1. The van der Waals surface area contributed by atoms with Crippen LogP contribution in [0.3, 0.4) is 0 Å². The molecule has 0 aliphatic carbocycles. The van der Waals surface area contributed by atoms with E-state index in [2.05, 4.69) is 10.3 Å². The molecule has 1 heterocycles. The third-order valence-corrected chi connectivity index (χ3v) is 2.84. The monoisotopic (exact) mass is 274 g/mol. The molecule has 0 radical (unpaired) electrons. The smallest absolute Gasteiger partial charge is 0.220 e. The van der Waals surface area contributed by atoms with Crippen LogP contribution in [0.25, 0.3) is 11.3 Å². The molecule has 0 unspecified atom stereocenters. The first kappa shape index (κ1) is 14.3. The molecule has 1 aromatic heterocycles. The van der Waals surface area contributed by atoms with Crippen molar-refractivity contribution in [3.05, 3.63) is 42.4 Å². The minimum atomic E-state index is -0.0612. The van der Waals surface area contributed by atoms with Crippen LogP contribution in [-0.2, 0) is 11.2 Å². The van der Waals surface area contributed by atoms with Gasteiger partial charge in [-0.15, -0.1) is 0 Å². The average Bonchev–Trinajstić information content (AvgIpc) is 2.95. The van der Waals surface area contributed by atoms with E-state index in [1.165, 1.54) is 0 Å². The molecule has 0 saturated carbocycles. The van der Waals surface area contributed by atoms with E-state index in [9.17, 15) is 4.79 Å². The van der Waals surface area contributed by atoms with Gasteiger partial charge in [0.05, 0.1) is 12.8 Å². The minimum absolute atomic E-state index is 0.0358. The lowest BCUT2D eigenvalue weighted by atomic mass is 10.2. The third kappa shape index (κ3) is 4.20. The summed E-state index contributed by atoms with van der Waals surface area (Å²) in [4.78, 5) is 15.6. The summed E-state index contributed by atoms with van der Waals surface area (Å²) in [5.74, 6) is 1.32. The Morgan fingerprint density at radius 2 is 2.10 bits per heavy atom. The van der Waals surface area contributed by atoms with Crippen LogP contribution >= 0.6 is 0 Å². The van der Waals surface area contributed by atoms with Gasteiger partial charge in [0.25, 0.3) is 0 Å². The van der Waals surface area contributed by atoms with Crippen LogP contribution in [-0.4, -0.2) is 29.1 Å². The van der Waals surface area contributed by atoms with Crippen molar-refractivity contribution in [3.63, 3.8) is 0 Å². The van der Waals surface area contributed by atoms with Gasteiger partial charge in [0.2, 0.25) is 5.91 Å². The number of benzene rings is 1. The second-order valence-electron chi connectivity index (χ2n) is 4.41. The number of aryl methyl sites for hydroxylation is 1. The molecular weight excluding hydrogens is 256 g/mol. The lowest BCUT2D eigenvalue weighted by Gasteiger charge is -2.01. The quantitative estimate of drug-likeness (QED) is 0.807. The molecule has 106 valence electrons. The molecule has 5 heteroatoms. The number of nitrogens with zero attached hydrogens (tertiary/aromatic N) is 1. The Balaban J connectivity index is 1.80. The Bertz CT molecular complexity index is 537. The van der Waals surface area contributed by atoms with Crippen LogP contribution in [0.4, 0.5) is 0 Å². The summed E-state index contributed by atoms with van der Waals surface area (Å²) in [5, 5.41) is 11.2. The van der Waals surface area contributed by atoms with E-state index in [4.69, 9.17) is 9.52 Å². The van der Waals surface area contributed by atoms with Crippen LogP contribution in [0.1, 0.15) is 18.7 Å². The summed E-state index contributed by atoms with van der Waals surface area (Å²) in [6.45, 7) is 0.266. The Morgan fingerprint density at radius 1 is 1.30 bits per heavy atom. The van der Waals surface area contributed by atoms with Gasteiger partial charge in [-0.1, -0.05) is 30.3 Å². The molecule has 1 aromatic carbocycles. The van der Waals surface area contributed by atoms with Gasteiger partial charge >= 0.3 is 0 Å². The van der Waals surface area contributed by atoms with Crippen LogP contribution in [0, 0.1) is 0 Å². The molecule has 0 aliphatic heterocycles. The zero-order chi connectivity index (χ0) is 14.2. The van der Waals surface area contributed by atoms with E-state index in [-0.39, 0.29) is 12.5 Å². The van der Waals surface area contributed by atoms with Crippen LogP contribution in [0.2, 0.25) is 0 Å². The first-order valence-corrected chi connectivity index (χ1v) is 6.67. The summed E-state index contributed by atoms with van der Waals surface area (Å²) in [6.07, 6.45) is 3.41. The first-order valence-electron chi connectivity index (χ1n) is 6.67. The van der Waals surface area contributed by atoms with Crippen molar-refractivity contribution in [3.8, 4) is 11.3 Å². The fourth-order valence-electron chi connectivity index (χ4n) is 1.85.